The van der Waals surface area contributed by atoms with Crippen molar-refractivity contribution in [2.75, 3.05) is 55.4 Å². The molecule has 4 fully saturated rings. The highest BCUT2D eigenvalue weighted by Crippen LogP contribution is 2.70. The van der Waals surface area contributed by atoms with E-state index in [0.717, 1.165) is 56.9 Å². The number of aryl methyl sites for hydroxylation is 1. The standard InChI is InChI=1S/C41H66O11S/c1-27-11-14-29(15-12-27)53(43,44)52-21-9-10-30-33-22-36(50-25-46-6)39-32-17-16-31(28(2)13-18-38(42)48-8)41(32,4)37(51-26-47-7)23-34(39)40(33,3)20-19-35(30)49-24-45-5/h11-12,14-15,28,30-37,39H,9-10,13,16-26H2,1-8H3/t28-,30-,31-,32+,33-,34+,35-,36-,37+,39+,40+,41-/m1/s1. The van der Waals surface area contributed by atoms with Gasteiger partial charge in [-0.05, 0) is 124 Å². The van der Waals surface area contributed by atoms with E-state index in [0.29, 0.717) is 42.4 Å². The van der Waals surface area contributed by atoms with E-state index in [1.54, 1.807) is 45.6 Å². The minimum absolute atomic E-state index is 0.0123. The van der Waals surface area contributed by atoms with Crippen molar-refractivity contribution < 1.29 is 50.6 Å². The van der Waals surface area contributed by atoms with Crippen LogP contribution in [0.15, 0.2) is 29.2 Å². The van der Waals surface area contributed by atoms with Crippen molar-refractivity contribution in [1.82, 2.24) is 0 Å². The number of benzene rings is 1. The molecule has 0 saturated heterocycles. The Bertz CT molecular complexity index is 1420. The number of esters is 1. The molecule has 1 aromatic carbocycles. The van der Waals surface area contributed by atoms with Gasteiger partial charge >= 0.3 is 5.97 Å². The fourth-order valence-corrected chi connectivity index (χ4v) is 12.6. The smallest absolute Gasteiger partial charge is 0.305 e. The maximum absolute atomic E-state index is 13.0. The number of hydrogen-bond acceptors (Lipinski definition) is 11. The van der Waals surface area contributed by atoms with Crippen molar-refractivity contribution in [3.8, 4) is 0 Å². The van der Waals surface area contributed by atoms with Gasteiger partial charge in [0.2, 0.25) is 0 Å². The first-order valence-corrected chi connectivity index (χ1v) is 21.1. The van der Waals surface area contributed by atoms with Crippen molar-refractivity contribution in [3.63, 3.8) is 0 Å². The van der Waals surface area contributed by atoms with Gasteiger partial charge in [0.15, 0.2) is 0 Å². The van der Waals surface area contributed by atoms with Crippen molar-refractivity contribution in [3.05, 3.63) is 29.8 Å². The molecular weight excluding hydrogens is 701 g/mol. The fourth-order valence-electron chi connectivity index (χ4n) is 11.7. The van der Waals surface area contributed by atoms with Crippen LogP contribution in [-0.2, 0) is 52.3 Å². The summed E-state index contributed by atoms with van der Waals surface area (Å²) in [4.78, 5) is 12.3. The molecule has 302 valence electrons. The van der Waals surface area contributed by atoms with Gasteiger partial charge in [-0.2, -0.15) is 8.42 Å². The lowest BCUT2D eigenvalue weighted by Gasteiger charge is -2.66. The van der Waals surface area contributed by atoms with Crippen LogP contribution in [0, 0.1) is 59.2 Å². The molecule has 1 aromatic rings. The maximum atomic E-state index is 13.0. The Morgan fingerprint density at radius 1 is 0.849 bits per heavy atom. The first-order valence-electron chi connectivity index (χ1n) is 19.7. The normalized spacial score (nSPS) is 36.0. The van der Waals surface area contributed by atoms with Crippen molar-refractivity contribution >= 4 is 16.1 Å². The predicted molar refractivity (Wildman–Crippen MR) is 199 cm³/mol. The highest BCUT2D eigenvalue weighted by molar-refractivity contribution is 7.86. The molecule has 0 N–H and O–H groups in total. The molecule has 0 heterocycles. The Morgan fingerprint density at radius 3 is 2.17 bits per heavy atom. The number of carbonyl (C=O) groups excluding carboxylic acids is 1. The molecule has 11 nitrogen and oxygen atoms in total. The molecule has 4 aliphatic carbocycles. The van der Waals surface area contributed by atoms with Crippen LogP contribution < -0.4 is 0 Å². The number of methoxy groups -OCH3 is 4. The Balaban J connectivity index is 1.42. The van der Waals surface area contributed by atoms with E-state index in [2.05, 4.69) is 20.8 Å². The van der Waals surface area contributed by atoms with Crippen molar-refractivity contribution in [2.45, 2.75) is 115 Å². The Hall–Kier alpha value is -1.64. The number of carbonyl (C=O) groups is 1. The van der Waals surface area contributed by atoms with Gasteiger partial charge in [-0.15, -0.1) is 0 Å². The molecule has 0 amide bonds. The van der Waals surface area contributed by atoms with Crippen LogP contribution in [0.5, 0.6) is 0 Å². The SMILES string of the molecule is COCO[C@H]1C[C@H]2[C@@H]([C@H](OCOC)C[C@@H]3[C@@H](CCCOS(=O)(=O)c4ccc(C)cc4)[C@H](OCOC)CC[C@@]32C)[C@@H]2CC[C@H]([C@H](C)CCC(=O)OC)[C@@]12C. The predicted octanol–water partition coefficient (Wildman–Crippen LogP) is 7.14. The van der Waals surface area contributed by atoms with Gasteiger partial charge in [-0.25, -0.2) is 0 Å². The molecule has 4 aliphatic rings. The third kappa shape index (κ3) is 9.01. The first-order chi connectivity index (χ1) is 25.3. The number of hydrogen-bond donors (Lipinski definition) is 0. The Labute approximate surface area is 318 Å². The van der Waals surface area contributed by atoms with Crippen LogP contribution in [0.3, 0.4) is 0 Å². The summed E-state index contributed by atoms with van der Waals surface area (Å²) in [5.41, 5.74) is 0.853. The summed E-state index contributed by atoms with van der Waals surface area (Å²) < 4.78 is 72.9. The zero-order chi connectivity index (χ0) is 38.4. The summed E-state index contributed by atoms with van der Waals surface area (Å²) in [6.45, 7) is 9.91. The summed E-state index contributed by atoms with van der Waals surface area (Å²) in [6, 6.07) is 6.76. The molecule has 0 bridgehead atoms. The van der Waals surface area contributed by atoms with Gasteiger partial charge in [-0.3, -0.25) is 8.98 Å². The average Bonchev–Trinajstić information content (AvgIpc) is 3.51. The second-order valence-electron chi connectivity index (χ2n) is 16.7. The molecule has 5 rings (SSSR count). The molecule has 53 heavy (non-hydrogen) atoms. The van der Waals surface area contributed by atoms with E-state index in [9.17, 15) is 13.2 Å². The fraction of sp³-hybridized carbons (Fsp3) is 0.829. The van der Waals surface area contributed by atoms with Gasteiger partial charge in [0.1, 0.15) is 20.4 Å². The van der Waals surface area contributed by atoms with Crippen LogP contribution >= 0.6 is 0 Å². The van der Waals surface area contributed by atoms with Gasteiger partial charge < -0.3 is 33.2 Å². The third-order valence-corrected chi connectivity index (χ3v) is 15.5. The molecular formula is C41H66O11S. The van der Waals surface area contributed by atoms with Crippen LogP contribution in [0.4, 0.5) is 0 Å². The van der Waals surface area contributed by atoms with Crippen LogP contribution in [0.2, 0.25) is 0 Å². The van der Waals surface area contributed by atoms with Crippen molar-refractivity contribution in [1.29, 1.82) is 0 Å². The second-order valence-corrected chi connectivity index (χ2v) is 18.4. The van der Waals surface area contributed by atoms with E-state index < -0.39 is 10.1 Å². The summed E-state index contributed by atoms with van der Waals surface area (Å²) >= 11 is 0. The Morgan fingerprint density at radius 2 is 1.51 bits per heavy atom. The molecule has 0 aliphatic heterocycles. The highest BCUT2D eigenvalue weighted by atomic mass is 32.2. The van der Waals surface area contributed by atoms with Crippen molar-refractivity contribution in [2.24, 2.45) is 52.3 Å². The monoisotopic (exact) mass is 766 g/mol. The lowest BCUT2D eigenvalue weighted by Crippen LogP contribution is -2.64. The topological polar surface area (TPSA) is 125 Å². The van der Waals surface area contributed by atoms with E-state index in [1.807, 2.05) is 6.92 Å². The lowest BCUT2D eigenvalue weighted by atomic mass is 9.41. The number of rotatable bonds is 19. The number of ether oxygens (including phenoxy) is 7. The van der Waals surface area contributed by atoms with E-state index in [1.165, 1.54) is 7.11 Å². The van der Waals surface area contributed by atoms with Crippen LogP contribution in [0.1, 0.15) is 90.5 Å². The summed E-state index contributed by atoms with van der Waals surface area (Å²) in [6.07, 6.45) is 8.34. The maximum Gasteiger partial charge on any atom is 0.305 e. The summed E-state index contributed by atoms with van der Waals surface area (Å²) in [7, 11) is 2.62. The molecule has 0 spiro atoms. The van der Waals surface area contributed by atoms with Gasteiger partial charge in [0, 0.05) is 33.2 Å². The molecule has 0 aromatic heterocycles. The summed E-state index contributed by atoms with van der Waals surface area (Å²) in [5, 5.41) is 0. The highest BCUT2D eigenvalue weighted by Gasteiger charge is 2.67. The Kier molecular flexibility index (Phi) is 14.9. The average molecular weight is 767 g/mol. The first kappa shape index (κ1) is 42.5. The zero-order valence-corrected chi connectivity index (χ0v) is 34.2. The molecule has 12 heteroatoms. The summed E-state index contributed by atoms with van der Waals surface area (Å²) in [5.74, 6) is 1.99. The van der Waals surface area contributed by atoms with Gasteiger partial charge in [0.25, 0.3) is 10.1 Å². The molecule has 4 saturated carbocycles. The van der Waals surface area contributed by atoms with E-state index >= 15 is 0 Å². The lowest BCUT2D eigenvalue weighted by molar-refractivity contribution is -0.258. The zero-order valence-electron chi connectivity index (χ0n) is 33.4. The third-order valence-electron chi connectivity index (χ3n) is 14.2. The van der Waals surface area contributed by atoms with E-state index in [4.69, 9.17) is 37.3 Å². The van der Waals surface area contributed by atoms with Gasteiger partial charge in [0.05, 0.1) is 36.9 Å². The largest absolute Gasteiger partial charge is 0.469 e. The van der Waals surface area contributed by atoms with Gasteiger partial charge in [-0.1, -0.05) is 38.5 Å². The minimum Gasteiger partial charge on any atom is -0.469 e. The molecule has 0 radical (unpaired) electrons. The number of fused-ring (bicyclic) bond motifs is 5. The molecule has 0 unspecified atom stereocenters. The van der Waals surface area contributed by atoms with E-state index in [-0.39, 0.29) is 78.8 Å². The quantitative estimate of drug-likeness (QED) is 0.0618. The minimum atomic E-state index is -3.86. The second kappa shape index (κ2) is 18.5. The van der Waals surface area contributed by atoms with Crippen LogP contribution in [0.25, 0.3) is 0 Å². The van der Waals surface area contributed by atoms with Crippen LogP contribution in [-0.4, -0.2) is 88.1 Å². The molecule has 12 atom stereocenters.